The summed E-state index contributed by atoms with van der Waals surface area (Å²) >= 11 is 0. The second-order valence-electron chi connectivity index (χ2n) is 5.87. The summed E-state index contributed by atoms with van der Waals surface area (Å²) in [5.41, 5.74) is 0.358. The van der Waals surface area contributed by atoms with Crippen LogP contribution in [0, 0.1) is 5.92 Å². The Morgan fingerprint density at radius 3 is 2.74 bits per heavy atom. The van der Waals surface area contributed by atoms with Crippen molar-refractivity contribution in [2.75, 3.05) is 20.2 Å². The molecule has 1 aliphatic rings. The summed E-state index contributed by atoms with van der Waals surface area (Å²) in [6, 6.07) is 5.16. The fraction of sp³-hybridized carbons (Fsp3) is 0.600. The molecule has 0 spiro atoms. The maximum atomic E-state index is 10.1. The summed E-state index contributed by atoms with van der Waals surface area (Å²) in [5, 5.41) is 19.6. The second-order valence-corrected chi connectivity index (χ2v) is 5.87. The highest BCUT2D eigenvalue weighted by atomic mass is 16.5. The monoisotopic (exact) mass is 265 g/mol. The summed E-state index contributed by atoms with van der Waals surface area (Å²) in [7, 11) is 1.64. The van der Waals surface area contributed by atoms with Crippen molar-refractivity contribution in [3.8, 4) is 11.5 Å². The third kappa shape index (κ3) is 3.39. The van der Waals surface area contributed by atoms with Gasteiger partial charge in [-0.3, -0.25) is 4.90 Å². The molecular formula is C15H23NO3. The standard InChI is InChI=1S/C15H23NO3/c1-15(2,18)12-6-7-16(10-12)9-11-8-13(17)4-5-14(11)19-3/h4-5,8,12,17-18H,6-7,9-10H2,1-3H3/t12-/m1/s1. The van der Waals surface area contributed by atoms with Crippen LogP contribution in [0.3, 0.4) is 0 Å². The van der Waals surface area contributed by atoms with Crippen molar-refractivity contribution in [3.05, 3.63) is 23.8 Å². The number of rotatable bonds is 4. The molecule has 1 atom stereocenters. The first-order chi connectivity index (χ1) is 8.90. The van der Waals surface area contributed by atoms with E-state index in [1.54, 1.807) is 25.3 Å². The van der Waals surface area contributed by atoms with Crippen LogP contribution in [0.4, 0.5) is 0 Å². The molecule has 1 aliphatic heterocycles. The molecule has 1 heterocycles. The number of ether oxygens (including phenoxy) is 1. The van der Waals surface area contributed by atoms with E-state index in [-0.39, 0.29) is 5.75 Å². The highest BCUT2D eigenvalue weighted by molar-refractivity contribution is 5.39. The maximum absolute atomic E-state index is 10.1. The molecular weight excluding hydrogens is 242 g/mol. The first-order valence-electron chi connectivity index (χ1n) is 6.71. The molecule has 0 bridgehead atoms. The van der Waals surface area contributed by atoms with Crippen LogP contribution >= 0.6 is 0 Å². The SMILES string of the molecule is COc1ccc(O)cc1CN1CC[C@@H](C(C)(C)O)C1. The largest absolute Gasteiger partial charge is 0.508 e. The molecule has 0 aromatic heterocycles. The van der Waals surface area contributed by atoms with E-state index in [2.05, 4.69) is 4.90 Å². The van der Waals surface area contributed by atoms with Gasteiger partial charge in [-0.1, -0.05) is 0 Å². The van der Waals surface area contributed by atoms with Gasteiger partial charge in [-0.05, 0) is 45.0 Å². The number of likely N-dealkylation sites (tertiary alicyclic amines) is 1. The van der Waals surface area contributed by atoms with Gasteiger partial charge in [-0.25, -0.2) is 0 Å². The second kappa shape index (κ2) is 5.39. The van der Waals surface area contributed by atoms with Gasteiger partial charge in [-0.2, -0.15) is 0 Å². The predicted molar refractivity (Wildman–Crippen MR) is 74.3 cm³/mol. The van der Waals surface area contributed by atoms with E-state index in [1.165, 1.54) is 0 Å². The minimum atomic E-state index is -0.627. The molecule has 1 aromatic rings. The van der Waals surface area contributed by atoms with Gasteiger partial charge in [0.25, 0.3) is 0 Å². The average Bonchev–Trinajstić information content (AvgIpc) is 2.77. The van der Waals surface area contributed by atoms with Crippen LogP contribution in [-0.4, -0.2) is 40.9 Å². The first kappa shape index (κ1) is 14.2. The first-order valence-corrected chi connectivity index (χ1v) is 6.71. The summed E-state index contributed by atoms with van der Waals surface area (Å²) in [6.07, 6.45) is 1.00. The van der Waals surface area contributed by atoms with Crippen molar-refractivity contribution in [1.82, 2.24) is 4.90 Å². The van der Waals surface area contributed by atoms with Crippen LogP contribution in [0.25, 0.3) is 0 Å². The van der Waals surface area contributed by atoms with E-state index in [0.717, 1.165) is 37.4 Å². The molecule has 0 aliphatic carbocycles. The van der Waals surface area contributed by atoms with Crippen molar-refractivity contribution in [2.45, 2.75) is 32.4 Å². The van der Waals surface area contributed by atoms with Gasteiger partial charge < -0.3 is 14.9 Å². The highest BCUT2D eigenvalue weighted by Crippen LogP contribution is 2.30. The van der Waals surface area contributed by atoms with Crippen molar-refractivity contribution in [2.24, 2.45) is 5.92 Å². The van der Waals surface area contributed by atoms with Crippen LogP contribution in [-0.2, 0) is 6.54 Å². The van der Waals surface area contributed by atoms with Gasteiger partial charge in [0.15, 0.2) is 0 Å². The Morgan fingerprint density at radius 1 is 1.42 bits per heavy atom. The van der Waals surface area contributed by atoms with Crippen molar-refractivity contribution >= 4 is 0 Å². The Morgan fingerprint density at radius 2 is 2.16 bits per heavy atom. The number of aromatic hydroxyl groups is 1. The molecule has 4 heteroatoms. The zero-order valence-electron chi connectivity index (χ0n) is 11.9. The molecule has 1 aromatic carbocycles. The molecule has 1 fully saturated rings. The molecule has 0 amide bonds. The van der Waals surface area contributed by atoms with Crippen LogP contribution in [0.2, 0.25) is 0 Å². The normalized spacial score (nSPS) is 20.7. The van der Waals surface area contributed by atoms with Gasteiger partial charge in [0.2, 0.25) is 0 Å². The fourth-order valence-electron chi connectivity index (χ4n) is 2.68. The minimum absolute atomic E-state index is 0.258. The molecule has 2 rings (SSSR count). The number of nitrogens with zero attached hydrogens (tertiary/aromatic N) is 1. The number of benzene rings is 1. The van der Waals surface area contributed by atoms with Crippen molar-refractivity contribution in [1.29, 1.82) is 0 Å². The van der Waals surface area contributed by atoms with E-state index in [1.807, 2.05) is 13.8 Å². The number of phenolic OH excluding ortho intramolecular Hbond substituents is 1. The van der Waals surface area contributed by atoms with Crippen LogP contribution < -0.4 is 4.74 Å². The van der Waals surface area contributed by atoms with E-state index >= 15 is 0 Å². The van der Waals surface area contributed by atoms with E-state index in [9.17, 15) is 10.2 Å². The third-order valence-corrected chi connectivity index (χ3v) is 3.93. The quantitative estimate of drug-likeness (QED) is 0.874. The molecule has 106 valence electrons. The van der Waals surface area contributed by atoms with Gasteiger partial charge in [0.05, 0.1) is 12.7 Å². The molecule has 0 unspecified atom stereocenters. The number of methoxy groups -OCH3 is 1. The minimum Gasteiger partial charge on any atom is -0.508 e. The molecule has 2 N–H and O–H groups in total. The maximum Gasteiger partial charge on any atom is 0.123 e. The fourth-order valence-corrected chi connectivity index (χ4v) is 2.68. The lowest BCUT2D eigenvalue weighted by Crippen LogP contribution is -2.33. The van der Waals surface area contributed by atoms with Crippen LogP contribution in [0.5, 0.6) is 11.5 Å². The molecule has 0 saturated carbocycles. The van der Waals surface area contributed by atoms with Crippen LogP contribution in [0.1, 0.15) is 25.8 Å². The summed E-state index contributed by atoms with van der Waals surface area (Å²) in [4.78, 5) is 2.29. The van der Waals surface area contributed by atoms with Gasteiger partial charge >= 0.3 is 0 Å². The Kier molecular flexibility index (Phi) is 4.02. The molecule has 19 heavy (non-hydrogen) atoms. The molecule has 0 radical (unpaired) electrons. The molecule has 1 saturated heterocycles. The Bertz CT molecular complexity index is 440. The summed E-state index contributed by atoms with van der Waals surface area (Å²) in [6.45, 7) is 6.33. The molecule has 4 nitrogen and oxygen atoms in total. The Labute approximate surface area is 114 Å². The zero-order chi connectivity index (χ0) is 14.0. The van der Waals surface area contributed by atoms with Crippen molar-refractivity contribution in [3.63, 3.8) is 0 Å². The topological polar surface area (TPSA) is 52.9 Å². The van der Waals surface area contributed by atoms with Gasteiger partial charge in [0.1, 0.15) is 11.5 Å². The Hall–Kier alpha value is -1.26. The van der Waals surface area contributed by atoms with Crippen molar-refractivity contribution < 1.29 is 14.9 Å². The Balaban J connectivity index is 2.05. The van der Waals surface area contributed by atoms with E-state index in [4.69, 9.17) is 4.74 Å². The van der Waals surface area contributed by atoms with E-state index < -0.39 is 5.60 Å². The smallest absolute Gasteiger partial charge is 0.123 e. The lowest BCUT2D eigenvalue weighted by atomic mass is 9.90. The number of phenols is 1. The summed E-state index contributed by atoms with van der Waals surface area (Å²) < 4.78 is 5.32. The van der Waals surface area contributed by atoms with Gasteiger partial charge in [0, 0.05) is 24.6 Å². The highest BCUT2D eigenvalue weighted by Gasteiger charge is 2.33. The lowest BCUT2D eigenvalue weighted by Gasteiger charge is -2.26. The van der Waals surface area contributed by atoms with Gasteiger partial charge in [-0.15, -0.1) is 0 Å². The predicted octanol–water partition coefficient (Wildman–Crippen LogP) is 1.99. The number of hydrogen-bond acceptors (Lipinski definition) is 4. The van der Waals surface area contributed by atoms with Crippen LogP contribution in [0.15, 0.2) is 18.2 Å². The van der Waals surface area contributed by atoms with E-state index in [0.29, 0.717) is 5.92 Å². The number of hydrogen-bond donors (Lipinski definition) is 2. The third-order valence-electron chi connectivity index (χ3n) is 3.93. The average molecular weight is 265 g/mol. The summed E-state index contributed by atoms with van der Waals surface area (Å²) in [5.74, 6) is 1.36. The number of aliphatic hydroxyl groups is 1. The lowest BCUT2D eigenvalue weighted by molar-refractivity contribution is 0.0207. The zero-order valence-corrected chi connectivity index (χ0v) is 11.9.